The predicted molar refractivity (Wildman–Crippen MR) is 116 cm³/mol. The van der Waals surface area contributed by atoms with Crippen LogP contribution in [0.4, 0.5) is 0 Å². The zero-order valence-corrected chi connectivity index (χ0v) is 17.7. The average molecular weight is 416 g/mol. The van der Waals surface area contributed by atoms with E-state index in [2.05, 4.69) is 32.0 Å². The fourth-order valence-electron chi connectivity index (χ4n) is 3.98. The van der Waals surface area contributed by atoms with Gasteiger partial charge in [0.25, 0.3) is 0 Å². The van der Waals surface area contributed by atoms with Gasteiger partial charge in [-0.2, -0.15) is 5.10 Å². The van der Waals surface area contributed by atoms with Gasteiger partial charge >= 0.3 is 0 Å². The number of likely N-dealkylation sites (tertiary alicyclic amines) is 1. The number of benzene rings is 1. The van der Waals surface area contributed by atoms with Gasteiger partial charge < -0.3 is 9.32 Å². The van der Waals surface area contributed by atoms with E-state index in [0.29, 0.717) is 29.1 Å². The van der Waals surface area contributed by atoms with Crippen LogP contribution in [0.15, 0.2) is 47.4 Å². The molecular weight excluding hydrogens is 392 g/mol. The molecule has 0 amide bonds. The molecule has 0 spiro atoms. The van der Waals surface area contributed by atoms with Crippen LogP contribution in [-0.4, -0.2) is 55.6 Å². The van der Waals surface area contributed by atoms with Crippen LogP contribution in [0.3, 0.4) is 0 Å². The summed E-state index contributed by atoms with van der Waals surface area (Å²) in [4.78, 5) is 28.3. The fraction of sp³-hybridized carbons (Fsp3) is 0.348. The number of carbonyl (C=O) groups is 1. The van der Waals surface area contributed by atoms with Crippen molar-refractivity contribution in [3.8, 4) is 11.3 Å². The highest BCUT2D eigenvalue weighted by molar-refractivity contribution is 5.97. The number of piperidine rings is 1. The monoisotopic (exact) mass is 416 g/mol. The molecule has 0 N–H and O–H groups in total. The summed E-state index contributed by atoms with van der Waals surface area (Å²) in [7, 11) is 2.13. The van der Waals surface area contributed by atoms with Crippen molar-refractivity contribution in [1.29, 1.82) is 0 Å². The van der Waals surface area contributed by atoms with E-state index in [9.17, 15) is 4.79 Å². The Morgan fingerprint density at radius 2 is 2.00 bits per heavy atom. The summed E-state index contributed by atoms with van der Waals surface area (Å²) in [6, 6.07) is 6.18. The summed E-state index contributed by atoms with van der Waals surface area (Å²) in [5, 5.41) is 5.35. The average Bonchev–Trinajstić information content (AvgIpc) is 3.43. The molecule has 0 saturated carbocycles. The largest absolute Gasteiger partial charge is 0.441 e. The van der Waals surface area contributed by atoms with Gasteiger partial charge in [-0.15, -0.1) is 0 Å². The number of Topliss-reactive ketones (excluding diaryl/α,β-unsaturated/α-hetero) is 1. The van der Waals surface area contributed by atoms with Gasteiger partial charge in [0.2, 0.25) is 0 Å². The highest BCUT2D eigenvalue weighted by atomic mass is 16.4. The minimum absolute atomic E-state index is 0.0273. The zero-order valence-electron chi connectivity index (χ0n) is 17.7. The fourth-order valence-corrected chi connectivity index (χ4v) is 3.98. The Morgan fingerprint density at radius 1 is 1.16 bits per heavy atom. The summed E-state index contributed by atoms with van der Waals surface area (Å²) in [5.41, 5.74) is 2.27. The van der Waals surface area contributed by atoms with Crippen LogP contribution in [-0.2, 0) is 6.42 Å². The molecule has 31 heavy (non-hydrogen) atoms. The third-order valence-corrected chi connectivity index (χ3v) is 5.84. The minimum atomic E-state index is -0.0273. The third-order valence-electron chi connectivity index (χ3n) is 5.84. The molecule has 0 radical (unpaired) electrons. The second-order valence-corrected chi connectivity index (χ2v) is 8.15. The molecule has 158 valence electrons. The molecule has 4 heterocycles. The molecule has 5 rings (SSSR count). The number of fused-ring (bicyclic) bond motifs is 1. The summed E-state index contributed by atoms with van der Waals surface area (Å²) in [5.74, 6) is 1.78. The van der Waals surface area contributed by atoms with E-state index >= 15 is 0 Å². The number of carbonyl (C=O) groups excluding carboxylic acids is 1. The molecule has 1 saturated heterocycles. The molecule has 0 aliphatic carbocycles. The van der Waals surface area contributed by atoms with E-state index in [1.165, 1.54) is 0 Å². The lowest BCUT2D eigenvalue weighted by molar-refractivity contribution is 0.0990. The lowest BCUT2D eigenvalue weighted by atomic mass is 10.1. The Bertz CT molecular complexity index is 1240. The maximum atomic E-state index is 12.8. The SMILES string of the molecule is Cc1ncc(-c2ccc3cnc(CC(=O)c4cnn(C5CCN(C)CC5)c4)nc3c2)o1. The summed E-state index contributed by atoms with van der Waals surface area (Å²) in [6.45, 7) is 3.91. The van der Waals surface area contributed by atoms with Crippen molar-refractivity contribution >= 4 is 16.7 Å². The first-order valence-corrected chi connectivity index (χ1v) is 10.5. The van der Waals surface area contributed by atoms with E-state index < -0.39 is 0 Å². The van der Waals surface area contributed by atoms with E-state index in [1.807, 2.05) is 36.0 Å². The van der Waals surface area contributed by atoms with Gasteiger partial charge in [-0.25, -0.2) is 15.0 Å². The molecule has 4 aromatic rings. The molecule has 1 aliphatic rings. The molecule has 8 heteroatoms. The standard InChI is InChI=1S/C23H24N6O2/c1-15-24-13-22(31-15)16-3-4-17-11-25-23(27-20(17)9-16)10-21(30)18-12-26-29(14-18)19-5-7-28(2)8-6-19/h3-4,9,11-14,19H,5-8,10H2,1-2H3. The smallest absolute Gasteiger partial charge is 0.191 e. The number of ketones is 1. The molecular formula is C23H24N6O2. The number of nitrogens with zero attached hydrogens (tertiary/aromatic N) is 6. The second kappa shape index (κ2) is 8.03. The minimum Gasteiger partial charge on any atom is -0.441 e. The van der Waals surface area contributed by atoms with Crippen molar-refractivity contribution in [3.63, 3.8) is 0 Å². The highest BCUT2D eigenvalue weighted by Crippen LogP contribution is 2.24. The van der Waals surface area contributed by atoms with Crippen LogP contribution in [0.2, 0.25) is 0 Å². The Balaban J connectivity index is 1.33. The normalized spacial score (nSPS) is 15.5. The number of hydrogen-bond donors (Lipinski definition) is 0. The first-order valence-electron chi connectivity index (χ1n) is 10.5. The Morgan fingerprint density at radius 3 is 2.77 bits per heavy atom. The molecule has 1 fully saturated rings. The maximum Gasteiger partial charge on any atom is 0.191 e. The van der Waals surface area contributed by atoms with Crippen molar-refractivity contribution in [2.24, 2.45) is 0 Å². The molecule has 8 nitrogen and oxygen atoms in total. The topological polar surface area (TPSA) is 89.9 Å². The van der Waals surface area contributed by atoms with Gasteiger partial charge in [-0.1, -0.05) is 12.1 Å². The lowest BCUT2D eigenvalue weighted by Crippen LogP contribution is -2.31. The molecule has 0 atom stereocenters. The number of aryl methyl sites for hydroxylation is 1. The number of aromatic nitrogens is 5. The van der Waals surface area contributed by atoms with Crippen molar-refractivity contribution in [3.05, 3.63) is 60.3 Å². The quantitative estimate of drug-likeness (QED) is 0.460. The van der Waals surface area contributed by atoms with Gasteiger partial charge in [0.05, 0.1) is 35.9 Å². The number of oxazole rings is 1. The van der Waals surface area contributed by atoms with Crippen LogP contribution in [0.25, 0.3) is 22.2 Å². The lowest BCUT2D eigenvalue weighted by Gasteiger charge is -2.28. The van der Waals surface area contributed by atoms with Gasteiger partial charge in [-0.05, 0) is 39.0 Å². The van der Waals surface area contributed by atoms with E-state index in [-0.39, 0.29) is 12.2 Å². The van der Waals surface area contributed by atoms with Crippen molar-refractivity contribution in [1.82, 2.24) is 29.6 Å². The zero-order chi connectivity index (χ0) is 21.4. The maximum absolute atomic E-state index is 12.8. The van der Waals surface area contributed by atoms with E-state index in [4.69, 9.17) is 4.42 Å². The van der Waals surface area contributed by atoms with Crippen LogP contribution < -0.4 is 0 Å². The molecule has 1 aliphatic heterocycles. The summed E-state index contributed by atoms with van der Waals surface area (Å²) < 4.78 is 7.55. The van der Waals surface area contributed by atoms with Crippen LogP contribution >= 0.6 is 0 Å². The van der Waals surface area contributed by atoms with Gasteiger partial charge in [0.1, 0.15) is 5.82 Å². The van der Waals surface area contributed by atoms with Crippen LogP contribution in [0.5, 0.6) is 0 Å². The second-order valence-electron chi connectivity index (χ2n) is 8.15. The van der Waals surface area contributed by atoms with Gasteiger partial charge in [-0.3, -0.25) is 9.48 Å². The summed E-state index contributed by atoms with van der Waals surface area (Å²) in [6.07, 6.45) is 9.21. The number of rotatable bonds is 5. The summed E-state index contributed by atoms with van der Waals surface area (Å²) >= 11 is 0. The van der Waals surface area contributed by atoms with Crippen LogP contribution in [0, 0.1) is 6.92 Å². The van der Waals surface area contributed by atoms with Crippen LogP contribution in [0.1, 0.15) is 41.0 Å². The van der Waals surface area contributed by atoms with Crippen molar-refractivity contribution in [2.75, 3.05) is 20.1 Å². The predicted octanol–water partition coefficient (Wildman–Crippen LogP) is 3.48. The Labute approximate surface area is 179 Å². The Hall–Kier alpha value is -3.39. The van der Waals surface area contributed by atoms with E-state index in [1.54, 1.807) is 18.6 Å². The first-order chi connectivity index (χ1) is 15.0. The van der Waals surface area contributed by atoms with Gasteiger partial charge in [0, 0.05) is 30.3 Å². The molecule has 3 aromatic heterocycles. The van der Waals surface area contributed by atoms with E-state index in [0.717, 1.165) is 42.4 Å². The van der Waals surface area contributed by atoms with Crippen molar-refractivity contribution < 1.29 is 9.21 Å². The third kappa shape index (κ3) is 4.11. The molecule has 0 unspecified atom stereocenters. The number of hydrogen-bond acceptors (Lipinski definition) is 7. The van der Waals surface area contributed by atoms with Crippen molar-refractivity contribution in [2.45, 2.75) is 32.2 Å². The first kappa shape index (κ1) is 19.6. The van der Waals surface area contributed by atoms with Gasteiger partial charge in [0.15, 0.2) is 17.4 Å². The highest BCUT2D eigenvalue weighted by Gasteiger charge is 2.20. The molecule has 1 aromatic carbocycles. The Kier molecular flexibility index (Phi) is 5.07. The molecule has 0 bridgehead atoms.